The Labute approximate surface area is 449 Å². The first-order valence-electron chi connectivity index (χ1n) is 26.7. The van der Waals surface area contributed by atoms with E-state index in [-0.39, 0.29) is 66.2 Å². The van der Waals surface area contributed by atoms with E-state index in [1.165, 1.54) is 0 Å². The first-order valence-corrected chi connectivity index (χ1v) is 26.7. The molecule has 5 aliphatic heterocycles. The van der Waals surface area contributed by atoms with E-state index >= 15 is 0 Å². The molecule has 5 saturated heterocycles. The fourth-order valence-corrected chi connectivity index (χ4v) is 7.38. The zero-order chi connectivity index (χ0) is 57.6. The van der Waals surface area contributed by atoms with Gasteiger partial charge in [-0.25, -0.2) is 28.8 Å². The van der Waals surface area contributed by atoms with Crippen molar-refractivity contribution >= 4 is 36.6 Å². The van der Waals surface area contributed by atoms with Crippen LogP contribution >= 0.6 is 0 Å². The molecule has 0 unspecified atom stereocenters. The summed E-state index contributed by atoms with van der Waals surface area (Å²) in [6, 6.07) is 0.659. The summed E-state index contributed by atoms with van der Waals surface area (Å²) < 4.78 is 31.1. The van der Waals surface area contributed by atoms with Gasteiger partial charge in [-0.3, -0.25) is 0 Å². The highest BCUT2D eigenvalue weighted by Crippen LogP contribution is 2.15. The molecule has 0 aromatic heterocycles. The Balaban J connectivity index is 0.000000478. The van der Waals surface area contributed by atoms with Crippen molar-refractivity contribution in [1.82, 2.24) is 58.1 Å². The van der Waals surface area contributed by atoms with E-state index in [0.29, 0.717) is 12.6 Å². The number of carbonyl (C=O) groups is 6. The Morgan fingerprint density at radius 1 is 0.413 bits per heavy atom. The summed E-state index contributed by atoms with van der Waals surface area (Å²) >= 11 is 0. The molecule has 0 radical (unpaired) electrons. The highest BCUT2D eigenvalue weighted by molar-refractivity contribution is 5.71. The van der Waals surface area contributed by atoms with Crippen LogP contribution in [0.2, 0.25) is 0 Å². The predicted octanol–water partition coefficient (Wildman–Crippen LogP) is 5.60. The molecule has 0 spiro atoms. The minimum absolute atomic E-state index is 0.0208. The summed E-state index contributed by atoms with van der Waals surface area (Å²) in [5, 5.41) is 30.1. The lowest BCUT2D eigenvalue weighted by Crippen LogP contribution is -2.54. The van der Waals surface area contributed by atoms with Crippen LogP contribution in [-0.2, 0) is 28.4 Å². The van der Waals surface area contributed by atoms with Gasteiger partial charge in [0.2, 0.25) is 0 Å². The zero-order valence-corrected chi connectivity index (χ0v) is 49.6. The molecule has 75 heavy (non-hydrogen) atoms. The van der Waals surface area contributed by atoms with Crippen LogP contribution in [0.3, 0.4) is 0 Å². The molecule has 0 saturated carbocycles. The average molecular weight is 1070 g/mol. The van der Waals surface area contributed by atoms with Gasteiger partial charge in [0.1, 0.15) is 33.6 Å². The smallest absolute Gasteiger partial charge is 0.410 e. The number of alkyl carbamates (subject to hydrolysis) is 5. The van der Waals surface area contributed by atoms with E-state index in [9.17, 15) is 28.8 Å². The molecule has 0 aliphatic carbocycles. The summed E-state index contributed by atoms with van der Waals surface area (Å²) in [6.07, 6.45) is 0.792. The summed E-state index contributed by atoms with van der Waals surface area (Å²) in [5.74, 6) is 0. The summed E-state index contributed by atoms with van der Waals surface area (Å²) in [5.41, 5.74) is -2.74. The van der Waals surface area contributed by atoms with Gasteiger partial charge in [-0.05, 0) is 171 Å². The zero-order valence-electron chi connectivity index (χ0n) is 49.6. The van der Waals surface area contributed by atoms with Gasteiger partial charge in [-0.2, -0.15) is 0 Å². The molecule has 23 nitrogen and oxygen atoms in total. The summed E-state index contributed by atoms with van der Waals surface area (Å²) in [6.45, 7) is 45.5. The number of hydrogen-bond acceptors (Lipinski definition) is 17. The van der Waals surface area contributed by atoms with E-state index in [1.807, 2.05) is 90.0 Å². The molecule has 5 rings (SSSR count). The summed E-state index contributed by atoms with van der Waals surface area (Å²) in [4.78, 5) is 70.9. The standard InChI is InChI=1S/C15H29N3O4.C10H20N2O2.3C9H18N2O2/c1-9-11(18-13(20)22-15(5,6)7)10(8-16-9)17-12(19)21-14(2,3)4;1-7-5-8(6-11-7)12-9(13)14-10(2,3)4;1-9(2,3)13-8(12)11-6-4-10-5-7-11;2*1-9(2,3)13-8(12)11-7-4-5-10-6-7/h9-11,16H,8H2,1-7H3,(H,17,19)(H,18,20);7-8,11H,5-6H2,1-4H3,(H,12,13);10H,4-7H2,1-3H3;2*7,10H,4-6H2,1-3H3,(H,11,12)/t9-,10-,11-;7-,8+;;2*7-/m00.10/s1. The first-order chi connectivity index (χ1) is 34.2. The third-order valence-electron chi connectivity index (χ3n) is 10.4. The van der Waals surface area contributed by atoms with Gasteiger partial charge in [0, 0.05) is 82.6 Å². The van der Waals surface area contributed by atoms with Crippen LogP contribution in [-0.4, -0.2) is 183 Å². The minimum Gasteiger partial charge on any atom is -0.444 e. The quantitative estimate of drug-likeness (QED) is 0.150. The molecule has 7 atom stereocenters. The van der Waals surface area contributed by atoms with Gasteiger partial charge in [-0.15, -0.1) is 0 Å². The van der Waals surface area contributed by atoms with Crippen molar-refractivity contribution in [3.8, 4) is 0 Å². The average Bonchev–Trinajstić information content (AvgIpc) is 4.04. The SMILES string of the molecule is CC(C)(C)OC(=O)N1CCNCC1.CC(C)(C)OC(=O)N[C@@H]1CCNC1.CC(C)(C)OC(=O)N[C@H]1CCNC1.C[C@@H]1NC[C@H](NC(=O)OC(C)(C)C)[C@H]1NC(=O)OC(C)(C)C.C[C@H]1C[C@@H](NC(=O)OC(C)(C)C)CN1. The molecule has 23 heteroatoms. The fourth-order valence-electron chi connectivity index (χ4n) is 7.38. The number of ether oxygens (including phenoxy) is 6. The van der Waals surface area contributed by atoms with Crippen LogP contribution in [0.4, 0.5) is 28.8 Å². The van der Waals surface area contributed by atoms with Crippen molar-refractivity contribution in [1.29, 1.82) is 0 Å². The number of nitrogens with zero attached hydrogens (tertiary/aromatic N) is 1. The van der Waals surface area contributed by atoms with Crippen molar-refractivity contribution < 1.29 is 57.2 Å². The Morgan fingerprint density at radius 2 is 0.773 bits per heavy atom. The van der Waals surface area contributed by atoms with Gasteiger partial charge >= 0.3 is 36.6 Å². The number of piperazine rings is 1. The van der Waals surface area contributed by atoms with E-state index < -0.39 is 40.2 Å². The lowest BCUT2D eigenvalue weighted by atomic mass is 10.1. The maximum absolute atomic E-state index is 11.9. The van der Waals surface area contributed by atoms with Crippen LogP contribution in [0.25, 0.3) is 0 Å². The first kappa shape index (κ1) is 68.4. The van der Waals surface area contributed by atoms with E-state index in [0.717, 1.165) is 78.2 Å². The van der Waals surface area contributed by atoms with Crippen molar-refractivity contribution in [2.45, 2.75) is 234 Å². The molecule has 5 heterocycles. The van der Waals surface area contributed by atoms with Crippen molar-refractivity contribution in [2.75, 3.05) is 65.4 Å². The number of amides is 6. The third-order valence-corrected chi connectivity index (χ3v) is 10.4. The second-order valence-electron chi connectivity index (χ2n) is 25.4. The maximum Gasteiger partial charge on any atom is 0.410 e. The Hall–Kier alpha value is -4.58. The van der Waals surface area contributed by atoms with Crippen LogP contribution in [0.15, 0.2) is 0 Å². The van der Waals surface area contributed by atoms with Crippen LogP contribution in [0, 0.1) is 0 Å². The topological polar surface area (TPSA) is 281 Å². The maximum atomic E-state index is 11.9. The van der Waals surface area contributed by atoms with E-state index in [4.69, 9.17) is 28.4 Å². The Kier molecular flexibility index (Phi) is 28.3. The van der Waals surface area contributed by atoms with Gasteiger partial charge in [0.25, 0.3) is 0 Å². The number of rotatable bonds is 5. The molecule has 5 aliphatic rings. The monoisotopic (exact) mass is 1070 g/mol. The second-order valence-corrected chi connectivity index (χ2v) is 25.4. The fraction of sp³-hybridized carbons (Fsp3) is 0.885. The number of carbonyl (C=O) groups excluding carboxylic acids is 6. The largest absolute Gasteiger partial charge is 0.444 e. The van der Waals surface area contributed by atoms with E-state index in [1.54, 1.807) is 46.4 Å². The van der Waals surface area contributed by atoms with Gasteiger partial charge in [0.05, 0.1) is 12.1 Å². The highest BCUT2D eigenvalue weighted by Gasteiger charge is 2.37. The lowest BCUT2D eigenvalue weighted by molar-refractivity contribution is 0.0227. The van der Waals surface area contributed by atoms with Gasteiger partial charge < -0.3 is 86.5 Å². The molecular weight excluding hydrogens is 971 g/mol. The van der Waals surface area contributed by atoms with Gasteiger partial charge in [0.15, 0.2) is 0 Å². The molecule has 5 fully saturated rings. The molecule has 0 bridgehead atoms. The second kappa shape index (κ2) is 31.0. The predicted molar refractivity (Wildman–Crippen MR) is 291 cm³/mol. The third kappa shape index (κ3) is 36.2. The molecular formula is C52H103N11O12. The molecule has 0 aromatic rings. The van der Waals surface area contributed by atoms with E-state index in [2.05, 4.69) is 60.1 Å². The van der Waals surface area contributed by atoms with Crippen molar-refractivity contribution in [3.63, 3.8) is 0 Å². The Bertz CT molecular complexity index is 1690. The number of hydrogen-bond donors (Lipinski definition) is 10. The number of nitrogens with one attached hydrogen (secondary N) is 10. The van der Waals surface area contributed by atoms with Crippen molar-refractivity contribution in [2.24, 2.45) is 0 Å². The Morgan fingerprint density at radius 3 is 1.11 bits per heavy atom. The summed E-state index contributed by atoms with van der Waals surface area (Å²) in [7, 11) is 0. The minimum atomic E-state index is -0.562. The molecule has 438 valence electrons. The van der Waals surface area contributed by atoms with Crippen LogP contribution < -0.4 is 53.2 Å². The molecule has 0 aromatic carbocycles. The van der Waals surface area contributed by atoms with Gasteiger partial charge in [-0.1, -0.05) is 0 Å². The molecule has 10 N–H and O–H groups in total. The normalized spacial score (nSPS) is 23.7. The lowest BCUT2D eigenvalue weighted by Gasteiger charge is -2.30. The van der Waals surface area contributed by atoms with Crippen LogP contribution in [0.1, 0.15) is 158 Å². The van der Waals surface area contributed by atoms with Crippen LogP contribution in [0.5, 0.6) is 0 Å². The molecule has 6 amide bonds. The van der Waals surface area contributed by atoms with Crippen molar-refractivity contribution in [3.05, 3.63) is 0 Å². The highest BCUT2D eigenvalue weighted by atomic mass is 16.6.